The summed E-state index contributed by atoms with van der Waals surface area (Å²) in [5.74, 6) is 0.381. The zero-order valence-electron chi connectivity index (χ0n) is 12.0. The van der Waals surface area contributed by atoms with Crippen LogP contribution < -0.4 is 14.2 Å². The number of anilines is 1. The lowest BCUT2D eigenvalue weighted by Crippen LogP contribution is -2.13. The lowest BCUT2D eigenvalue weighted by atomic mass is 10.2. The summed E-state index contributed by atoms with van der Waals surface area (Å²) in [6.45, 7) is 0.0934. The highest BCUT2D eigenvalue weighted by atomic mass is 127. The molecule has 4 rings (SSSR count). The minimum absolute atomic E-state index is 0.00810. The fraction of sp³-hybridized carbons (Fsp3) is 0.0667. The zero-order valence-corrected chi connectivity index (χ0v) is 14.9. The van der Waals surface area contributed by atoms with Gasteiger partial charge in [0.25, 0.3) is 10.0 Å². The fourth-order valence-electron chi connectivity index (χ4n) is 2.48. The lowest BCUT2D eigenvalue weighted by Gasteiger charge is -2.08. The van der Waals surface area contributed by atoms with Crippen molar-refractivity contribution in [2.75, 3.05) is 11.5 Å². The summed E-state index contributed by atoms with van der Waals surface area (Å²) in [5, 5.41) is 0.442. The third kappa shape index (κ3) is 2.57. The van der Waals surface area contributed by atoms with E-state index in [2.05, 4.69) is 9.71 Å². The first-order chi connectivity index (χ1) is 11.4. The Morgan fingerprint density at radius 1 is 1.17 bits per heavy atom. The number of fused-ring (bicyclic) bond motifs is 2. The third-order valence-corrected chi connectivity index (χ3v) is 5.68. The number of nitrogens with one attached hydrogen (secondary N) is 2. The Hall–Kier alpha value is -2.01. The van der Waals surface area contributed by atoms with Crippen molar-refractivity contribution >= 4 is 49.2 Å². The number of hydrogen-bond acceptors (Lipinski definition) is 4. The summed E-state index contributed by atoms with van der Waals surface area (Å²) < 4.78 is 52.7. The van der Waals surface area contributed by atoms with Crippen molar-refractivity contribution in [2.24, 2.45) is 0 Å². The van der Waals surface area contributed by atoms with Gasteiger partial charge >= 0.3 is 0 Å². The predicted octanol–water partition coefficient (Wildman–Crippen LogP) is 3.44. The maximum absolute atomic E-state index is 13.9. The molecular formula is C15H10FIN2O4S. The number of benzene rings is 2. The molecule has 1 aliphatic rings. The monoisotopic (exact) mass is 460 g/mol. The standard InChI is InChI=1S/C15H10FIN2O4S/c16-10-3-8(17)1-2-11(10)19-24(20,21)15-6-18-12-5-14-13(4-9(12)15)22-7-23-14/h1-6,18-19H,7H2. The SMILES string of the molecule is O=S(=O)(Nc1ccc(I)cc1F)c1c[nH]c2cc3c(cc12)OCO3. The molecule has 1 aromatic heterocycles. The number of sulfonamides is 1. The van der Waals surface area contributed by atoms with Crippen LogP contribution in [0.1, 0.15) is 0 Å². The first-order valence-electron chi connectivity index (χ1n) is 6.83. The van der Waals surface area contributed by atoms with Gasteiger partial charge in [0.2, 0.25) is 6.79 Å². The number of aromatic amines is 1. The number of ether oxygens (including phenoxy) is 2. The average molecular weight is 460 g/mol. The van der Waals surface area contributed by atoms with Crippen LogP contribution >= 0.6 is 22.6 Å². The van der Waals surface area contributed by atoms with Crippen molar-refractivity contribution in [3.05, 3.63) is 45.9 Å². The van der Waals surface area contributed by atoms with Crippen molar-refractivity contribution in [1.29, 1.82) is 0 Å². The molecule has 0 saturated carbocycles. The van der Waals surface area contributed by atoms with E-state index in [-0.39, 0.29) is 17.4 Å². The van der Waals surface area contributed by atoms with Gasteiger partial charge in [-0.1, -0.05) is 0 Å². The van der Waals surface area contributed by atoms with E-state index in [1.165, 1.54) is 18.3 Å². The number of aromatic nitrogens is 1. The molecule has 0 fully saturated rings. The van der Waals surface area contributed by atoms with E-state index >= 15 is 0 Å². The first kappa shape index (κ1) is 15.5. The van der Waals surface area contributed by atoms with Crippen molar-refractivity contribution in [3.8, 4) is 11.5 Å². The molecule has 24 heavy (non-hydrogen) atoms. The van der Waals surface area contributed by atoms with Crippen molar-refractivity contribution in [1.82, 2.24) is 4.98 Å². The molecular weight excluding hydrogens is 450 g/mol. The average Bonchev–Trinajstić information content (AvgIpc) is 3.13. The maximum Gasteiger partial charge on any atom is 0.264 e. The van der Waals surface area contributed by atoms with Crippen LogP contribution in [-0.4, -0.2) is 20.2 Å². The fourth-order valence-corrected chi connectivity index (χ4v) is 4.17. The van der Waals surface area contributed by atoms with Crippen molar-refractivity contribution in [2.45, 2.75) is 4.90 Å². The highest BCUT2D eigenvalue weighted by Gasteiger charge is 2.23. The Morgan fingerprint density at radius 3 is 2.67 bits per heavy atom. The number of halogens is 2. The van der Waals surface area contributed by atoms with Gasteiger partial charge in [-0.05, 0) is 46.9 Å². The summed E-state index contributed by atoms with van der Waals surface area (Å²) in [5.41, 5.74) is 0.480. The van der Waals surface area contributed by atoms with Crippen molar-refractivity contribution in [3.63, 3.8) is 0 Å². The summed E-state index contributed by atoms with van der Waals surface area (Å²) in [4.78, 5) is 2.89. The second-order valence-electron chi connectivity index (χ2n) is 5.13. The molecule has 2 heterocycles. The number of rotatable bonds is 3. The van der Waals surface area contributed by atoms with E-state index in [4.69, 9.17) is 9.47 Å². The molecule has 6 nitrogen and oxygen atoms in total. The summed E-state index contributed by atoms with van der Waals surface area (Å²) in [6, 6.07) is 7.52. The van der Waals surface area contributed by atoms with E-state index in [0.29, 0.717) is 26.0 Å². The summed E-state index contributed by atoms with van der Waals surface area (Å²) in [6.07, 6.45) is 1.35. The molecule has 124 valence electrons. The minimum Gasteiger partial charge on any atom is -0.454 e. The van der Waals surface area contributed by atoms with Gasteiger partial charge in [-0.2, -0.15) is 0 Å². The van der Waals surface area contributed by atoms with Crippen LogP contribution in [0.25, 0.3) is 10.9 Å². The molecule has 0 bridgehead atoms. The Bertz CT molecular complexity index is 1060. The molecule has 0 unspecified atom stereocenters. The Balaban J connectivity index is 1.78. The number of hydrogen-bond donors (Lipinski definition) is 2. The summed E-state index contributed by atoms with van der Waals surface area (Å²) in [7, 11) is -3.97. The summed E-state index contributed by atoms with van der Waals surface area (Å²) >= 11 is 1.95. The van der Waals surface area contributed by atoms with Crippen LogP contribution in [0.2, 0.25) is 0 Å². The van der Waals surface area contributed by atoms with E-state index < -0.39 is 15.8 Å². The largest absolute Gasteiger partial charge is 0.454 e. The van der Waals surface area contributed by atoms with Crippen LogP contribution in [0.3, 0.4) is 0 Å². The molecule has 9 heteroatoms. The van der Waals surface area contributed by atoms with Gasteiger partial charge in [0.15, 0.2) is 11.5 Å². The van der Waals surface area contributed by atoms with Gasteiger partial charge < -0.3 is 14.5 Å². The van der Waals surface area contributed by atoms with Gasteiger partial charge in [-0.3, -0.25) is 4.72 Å². The Kier molecular flexibility index (Phi) is 3.57. The normalized spacial score (nSPS) is 13.4. The van der Waals surface area contributed by atoms with E-state index in [1.54, 1.807) is 18.2 Å². The second kappa shape index (κ2) is 5.52. The van der Waals surface area contributed by atoms with Crippen LogP contribution in [0.5, 0.6) is 11.5 Å². The molecule has 0 saturated heterocycles. The second-order valence-corrected chi connectivity index (χ2v) is 8.03. The van der Waals surface area contributed by atoms with Crippen LogP contribution in [0.4, 0.5) is 10.1 Å². The van der Waals surface area contributed by atoms with Crippen LogP contribution in [0, 0.1) is 9.39 Å². The van der Waals surface area contributed by atoms with E-state index in [9.17, 15) is 12.8 Å². The predicted molar refractivity (Wildman–Crippen MR) is 94.3 cm³/mol. The molecule has 2 aromatic carbocycles. The van der Waals surface area contributed by atoms with E-state index in [0.717, 1.165) is 0 Å². The minimum atomic E-state index is -3.97. The first-order valence-corrected chi connectivity index (χ1v) is 9.39. The smallest absolute Gasteiger partial charge is 0.264 e. The molecule has 0 spiro atoms. The van der Waals surface area contributed by atoms with Gasteiger partial charge in [0.05, 0.1) is 11.2 Å². The maximum atomic E-state index is 13.9. The van der Waals surface area contributed by atoms with Gasteiger partial charge in [-0.15, -0.1) is 0 Å². The topological polar surface area (TPSA) is 80.4 Å². The third-order valence-electron chi connectivity index (χ3n) is 3.60. The highest BCUT2D eigenvalue weighted by Crippen LogP contribution is 2.38. The molecule has 1 aliphatic heterocycles. The number of H-pyrrole nitrogens is 1. The van der Waals surface area contributed by atoms with Gasteiger partial charge in [-0.25, -0.2) is 12.8 Å². The highest BCUT2D eigenvalue weighted by molar-refractivity contribution is 14.1. The molecule has 0 aliphatic carbocycles. The van der Waals surface area contributed by atoms with Crippen LogP contribution in [0.15, 0.2) is 41.4 Å². The molecule has 2 N–H and O–H groups in total. The Morgan fingerprint density at radius 2 is 1.92 bits per heavy atom. The van der Waals surface area contributed by atoms with Gasteiger partial charge in [0, 0.05) is 21.2 Å². The molecule has 0 atom stereocenters. The van der Waals surface area contributed by atoms with Crippen molar-refractivity contribution < 1.29 is 22.3 Å². The quantitative estimate of drug-likeness (QED) is 0.588. The molecule has 3 aromatic rings. The Labute approximate surface area is 150 Å². The van der Waals surface area contributed by atoms with Crippen LogP contribution in [-0.2, 0) is 10.0 Å². The zero-order chi connectivity index (χ0) is 16.9. The molecule has 0 radical (unpaired) electrons. The van der Waals surface area contributed by atoms with Gasteiger partial charge in [0.1, 0.15) is 10.7 Å². The lowest BCUT2D eigenvalue weighted by molar-refractivity contribution is 0.174. The molecule has 0 amide bonds. The van der Waals surface area contributed by atoms with E-state index in [1.807, 2.05) is 22.6 Å².